The van der Waals surface area contributed by atoms with E-state index in [1.165, 1.54) is 17.7 Å². The van der Waals surface area contributed by atoms with Crippen LogP contribution in [0.2, 0.25) is 0 Å². The van der Waals surface area contributed by atoms with Crippen molar-refractivity contribution < 1.29 is 0 Å². The van der Waals surface area contributed by atoms with E-state index in [1.807, 2.05) is 0 Å². The molecule has 0 aromatic heterocycles. The number of benzene rings is 1. The molecule has 0 atom stereocenters. The second-order valence-corrected chi connectivity index (χ2v) is 8.79. The minimum absolute atomic E-state index is 0.522. The molecular formula is C20H34N4S2. The Kier molecular flexibility index (Phi) is 8.67. The van der Waals surface area contributed by atoms with Crippen LogP contribution in [0.1, 0.15) is 26.7 Å². The van der Waals surface area contributed by atoms with E-state index < -0.39 is 0 Å². The average molecular weight is 395 g/mol. The second-order valence-electron chi connectivity index (χ2n) is 7.52. The largest absolute Gasteiger partial charge is 0.345 e. The fourth-order valence-corrected chi connectivity index (χ4v) is 4.19. The van der Waals surface area contributed by atoms with Crippen LogP contribution in [0.15, 0.2) is 29.2 Å². The van der Waals surface area contributed by atoms with Crippen molar-refractivity contribution in [1.82, 2.24) is 14.7 Å². The van der Waals surface area contributed by atoms with Crippen LogP contribution in [0.5, 0.6) is 0 Å². The predicted molar refractivity (Wildman–Crippen MR) is 119 cm³/mol. The van der Waals surface area contributed by atoms with E-state index >= 15 is 0 Å². The summed E-state index contributed by atoms with van der Waals surface area (Å²) < 4.78 is 0. The summed E-state index contributed by atoms with van der Waals surface area (Å²) in [5.74, 6) is 0. The van der Waals surface area contributed by atoms with Gasteiger partial charge in [-0.15, -0.1) is 11.8 Å². The zero-order valence-corrected chi connectivity index (χ0v) is 18.5. The molecule has 26 heavy (non-hydrogen) atoms. The van der Waals surface area contributed by atoms with Crippen LogP contribution in [-0.4, -0.2) is 78.4 Å². The fraction of sp³-hybridized carbons (Fsp3) is 0.650. The van der Waals surface area contributed by atoms with Crippen molar-refractivity contribution in [3.8, 4) is 0 Å². The first-order chi connectivity index (χ1) is 12.4. The third-order valence-electron chi connectivity index (χ3n) is 5.04. The highest BCUT2D eigenvalue weighted by Gasteiger charge is 2.27. The molecule has 1 fully saturated rings. The lowest BCUT2D eigenvalue weighted by atomic mass is 10.0. The van der Waals surface area contributed by atoms with E-state index in [0.29, 0.717) is 12.1 Å². The lowest BCUT2D eigenvalue weighted by Gasteiger charge is -2.41. The van der Waals surface area contributed by atoms with E-state index in [1.54, 1.807) is 11.8 Å². The topological polar surface area (TPSA) is 21.8 Å². The Hall–Kier alpha value is -0.820. The van der Waals surface area contributed by atoms with Crippen LogP contribution >= 0.6 is 24.0 Å². The summed E-state index contributed by atoms with van der Waals surface area (Å²) in [6.07, 6.45) is 4.46. The smallest absolute Gasteiger partial charge is 0.173 e. The quantitative estimate of drug-likeness (QED) is 0.556. The maximum atomic E-state index is 5.83. The molecule has 1 aliphatic heterocycles. The Balaban J connectivity index is 2.04. The summed E-state index contributed by atoms with van der Waals surface area (Å²) in [6.45, 7) is 8.87. The third-order valence-corrected chi connectivity index (χ3v) is 6.10. The first-order valence-electron chi connectivity index (χ1n) is 9.51. The Morgan fingerprint density at radius 3 is 2.54 bits per heavy atom. The Morgan fingerprint density at radius 2 is 1.96 bits per heavy atom. The number of hydrogen-bond acceptors (Lipinski definition) is 4. The lowest BCUT2D eigenvalue weighted by molar-refractivity contribution is 0.125. The number of likely N-dealkylation sites (tertiary alicyclic amines) is 1. The maximum Gasteiger partial charge on any atom is 0.173 e. The normalized spacial score (nSPS) is 16.3. The zero-order valence-electron chi connectivity index (χ0n) is 16.9. The monoisotopic (exact) mass is 394 g/mol. The number of nitrogens with one attached hydrogen (secondary N) is 1. The number of likely N-dealkylation sites (N-methyl/N-ethyl adjacent to an activating group) is 1. The van der Waals surface area contributed by atoms with E-state index in [-0.39, 0.29) is 0 Å². The summed E-state index contributed by atoms with van der Waals surface area (Å²) in [5.41, 5.74) is 1.08. The van der Waals surface area contributed by atoms with Gasteiger partial charge in [0.1, 0.15) is 0 Å². The molecule has 4 nitrogen and oxygen atoms in total. The molecule has 1 heterocycles. The summed E-state index contributed by atoms with van der Waals surface area (Å²) >= 11 is 7.58. The second kappa shape index (κ2) is 10.5. The maximum absolute atomic E-state index is 5.83. The highest BCUT2D eigenvalue weighted by Crippen LogP contribution is 2.22. The van der Waals surface area contributed by atoms with E-state index in [4.69, 9.17) is 12.2 Å². The minimum atomic E-state index is 0.522. The van der Waals surface area contributed by atoms with Crippen molar-refractivity contribution in [2.75, 3.05) is 51.8 Å². The lowest BCUT2D eigenvalue weighted by Crippen LogP contribution is -2.51. The first-order valence-corrected chi connectivity index (χ1v) is 11.1. The first kappa shape index (κ1) is 21.5. The SMILES string of the molecule is CSc1cccc(NC(=S)N(CCN(C)C)C2CCN(C(C)C)CC2)c1. The van der Waals surface area contributed by atoms with Gasteiger partial charge < -0.3 is 20.0 Å². The number of piperidine rings is 1. The van der Waals surface area contributed by atoms with Crippen LogP contribution in [0.3, 0.4) is 0 Å². The molecule has 1 aromatic rings. The molecule has 1 saturated heterocycles. The molecule has 6 heteroatoms. The number of thiocarbonyl (C=S) groups is 1. The molecule has 1 aliphatic rings. The molecule has 1 N–H and O–H groups in total. The highest BCUT2D eigenvalue weighted by atomic mass is 32.2. The Labute approximate surface area is 169 Å². The van der Waals surface area contributed by atoms with Gasteiger partial charge in [0.25, 0.3) is 0 Å². The minimum Gasteiger partial charge on any atom is -0.345 e. The van der Waals surface area contributed by atoms with Crippen LogP contribution < -0.4 is 5.32 Å². The van der Waals surface area contributed by atoms with Crippen LogP contribution in [0.4, 0.5) is 5.69 Å². The molecule has 146 valence electrons. The average Bonchev–Trinajstić information content (AvgIpc) is 2.62. The zero-order chi connectivity index (χ0) is 19.1. The van der Waals surface area contributed by atoms with Crippen molar-refractivity contribution >= 4 is 34.8 Å². The van der Waals surface area contributed by atoms with E-state index in [0.717, 1.165) is 37.0 Å². The van der Waals surface area contributed by atoms with Gasteiger partial charge in [-0.25, -0.2) is 0 Å². The molecule has 1 aromatic carbocycles. The molecule has 0 radical (unpaired) electrons. The predicted octanol–water partition coefficient (Wildman–Crippen LogP) is 3.84. The molecule has 0 aliphatic carbocycles. The van der Waals surface area contributed by atoms with Crippen molar-refractivity contribution in [2.45, 2.75) is 43.7 Å². The summed E-state index contributed by atoms with van der Waals surface area (Å²) in [4.78, 5) is 8.47. The number of hydrogen-bond donors (Lipinski definition) is 1. The molecule has 2 rings (SSSR count). The van der Waals surface area contributed by atoms with Crippen LogP contribution in [0.25, 0.3) is 0 Å². The summed E-state index contributed by atoms with van der Waals surface area (Å²) in [6, 6.07) is 9.63. The molecule has 0 unspecified atom stereocenters. The van der Waals surface area contributed by atoms with Gasteiger partial charge in [0, 0.05) is 48.8 Å². The Bertz CT molecular complexity index is 569. The molecule has 0 spiro atoms. The molecule has 0 bridgehead atoms. The number of thioether (sulfide) groups is 1. The standard InChI is InChI=1S/C20H34N4S2/c1-16(2)23-11-9-18(10-12-23)24(14-13-22(3)4)20(25)21-17-7-6-8-19(15-17)26-5/h6-8,15-16,18H,9-14H2,1-5H3,(H,21,25). The van der Waals surface area contributed by atoms with Crippen molar-refractivity contribution in [1.29, 1.82) is 0 Å². The number of anilines is 1. The summed E-state index contributed by atoms with van der Waals surface area (Å²) in [5, 5.41) is 4.34. The fourth-order valence-electron chi connectivity index (χ4n) is 3.37. The molecular weight excluding hydrogens is 360 g/mol. The van der Waals surface area contributed by atoms with E-state index in [9.17, 15) is 0 Å². The van der Waals surface area contributed by atoms with Gasteiger partial charge >= 0.3 is 0 Å². The third kappa shape index (κ3) is 6.41. The van der Waals surface area contributed by atoms with Gasteiger partial charge in [0.15, 0.2) is 5.11 Å². The van der Waals surface area contributed by atoms with Crippen molar-refractivity contribution in [3.63, 3.8) is 0 Å². The van der Waals surface area contributed by atoms with Gasteiger partial charge in [0.2, 0.25) is 0 Å². The van der Waals surface area contributed by atoms with Crippen molar-refractivity contribution in [2.24, 2.45) is 0 Å². The highest BCUT2D eigenvalue weighted by molar-refractivity contribution is 7.98. The van der Waals surface area contributed by atoms with Crippen LogP contribution in [-0.2, 0) is 0 Å². The Morgan fingerprint density at radius 1 is 1.27 bits per heavy atom. The summed E-state index contributed by atoms with van der Waals surface area (Å²) in [7, 11) is 4.25. The number of nitrogens with zero attached hydrogens (tertiary/aromatic N) is 3. The van der Waals surface area contributed by atoms with Gasteiger partial charge in [-0.05, 0) is 77.5 Å². The molecule has 0 amide bonds. The van der Waals surface area contributed by atoms with Gasteiger partial charge in [-0.1, -0.05) is 6.07 Å². The van der Waals surface area contributed by atoms with Gasteiger partial charge in [-0.2, -0.15) is 0 Å². The number of rotatable bonds is 7. The van der Waals surface area contributed by atoms with Gasteiger partial charge in [-0.3, -0.25) is 0 Å². The van der Waals surface area contributed by atoms with Crippen molar-refractivity contribution in [3.05, 3.63) is 24.3 Å². The van der Waals surface area contributed by atoms with Gasteiger partial charge in [0.05, 0.1) is 0 Å². The molecule has 0 saturated carbocycles. The van der Waals surface area contributed by atoms with Crippen LogP contribution in [0, 0.1) is 0 Å². The van der Waals surface area contributed by atoms with E-state index in [2.05, 4.69) is 78.5 Å².